The molecule has 16 heavy (non-hydrogen) atoms. The average Bonchev–Trinajstić information content (AvgIpc) is 2.16. The molecule has 1 fully saturated rings. The second-order valence-corrected chi connectivity index (χ2v) is 5.11. The summed E-state index contributed by atoms with van der Waals surface area (Å²) in [6, 6.07) is 2.74. The fourth-order valence-electron chi connectivity index (χ4n) is 1.65. The molecule has 1 aliphatic rings. The summed E-state index contributed by atoms with van der Waals surface area (Å²) >= 11 is 0. The van der Waals surface area contributed by atoms with Gasteiger partial charge in [0, 0.05) is 0 Å². The molecule has 90 valence electrons. The number of amides is 1. The van der Waals surface area contributed by atoms with E-state index in [4.69, 9.17) is 4.74 Å². The first-order valence-corrected chi connectivity index (χ1v) is 5.86. The number of aliphatic imine (C=N–C) groups is 2. The van der Waals surface area contributed by atoms with Crippen molar-refractivity contribution in [2.24, 2.45) is 9.98 Å². The van der Waals surface area contributed by atoms with Crippen molar-refractivity contribution in [1.82, 2.24) is 0 Å². The summed E-state index contributed by atoms with van der Waals surface area (Å²) in [5, 5.41) is 0. The van der Waals surface area contributed by atoms with Crippen LogP contribution in [0, 0.1) is 0 Å². The minimum absolute atomic E-state index is 0.292. The minimum Gasteiger partial charge on any atom is -0.442 e. The van der Waals surface area contributed by atoms with Crippen LogP contribution in [0.25, 0.3) is 0 Å². The van der Waals surface area contributed by atoms with E-state index in [2.05, 4.69) is 16.0 Å². The van der Waals surface area contributed by atoms with Crippen LogP contribution < -0.4 is 0 Å². The first-order chi connectivity index (χ1) is 7.47. The molecule has 4 nitrogen and oxygen atoms in total. The highest BCUT2D eigenvalue weighted by Gasteiger charge is 2.15. The molecule has 0 aromatic carbocycles. The molecule has 0 atom stereocenters. The van der Waals surface area contributed by atoms with Gasteiger partial charge in [-0.25, -0.2) is 9.79 Å². The first-order valence-electron chi connectivity index (χ1n) is 5.86. The maximum atomic E-state index is 11.2. The molecule has 1 rings (SSSR count). The Hall–Kier alpha value is -1.15. The Morgan fingerprint density at radius 3 is 2.44 bits per heavy atom. The molecule has 0 unspecified atom stereocenters. The Balaban J connectivity index is 2.39. The van der Waals surface area contributed by atoms with Gasteiger partial charge in [-0.1, -0.05) is 19.3 Å². The topological polar surface area (TPSA) is 51.0 Å². The van der Waals surface area contributed by atoms with Gasteiger partial charge in [0.15, 0.2) is 0 Å². The number of rotatable bonds is 1. The molecule has 0 radical (unpaired) electrons. The molecule has 0 N–H and O–H groups in total. The fraction of sp³-hybridized carbons (Fsp3) is 0.833. The van der Waals surface area contributed by atoms with Crippen molar-refractivity contribution in [2.75, 3.05) is 0 Å². The van der Waals surface area contributed by atoms with E-state index in [1.807, 2.05) is 0 Å². The zero-order valence-corrected chi connectivity index (χ0v) is 10.3. The molecular formula is C12H20N2O2. The predicted molar refractivity (Wildman–Crippen MR) is 63.0 cm³/mol. The molecule has 4 heteroatoms. The number of nitrogens with zero attached hydrogens (tertiary/aromatic N) is 2. The first kappa shape index (κ1) is 12.9. The Labute approximate surface area is 96.8 Å². The van der Waals surface area contributed by atoms with Gasteiger partial charge in [-0.3, -0.25) is 0 Å². The monoisotopic (exact) mass is 224 g/mol. The lowest BCUT2D eigenvalue weighted by molar-refractivity contribution is 0.0605. The summed E-state index contributed by atoms with van der Waals surface area (Å²) < 4.78 is 5.00. The Bertz CT molecular complexity index is 293. The van der Waals surface area contributed by atoms with Crippen molar-refractivity contribution in [3.8, 4) is 0 Å². The van der Waals surface area contributed by atoms with E-state index < -0.39 is 11.7 Å². The molecule has 1 saturated carbocycles. The molecular weight excluding hydrogens is 204 g/mol. The van der Waals surface area contributed by atoms with Crippen molar-refractivity contribution in [2.45, 2.75) is 64.5 Å². The van der Waals surface area contributed by atoms with E-state index in [0.29, 0.717) is 6.04 Å². The van der Waals surface area contributed by atoms with Crippen LogP contribution in [0.5, 0.6) is 0 Å². The van der Waals surface area contributed by atoms with Gasteiger partial charge >= 0.3 is 6.09 Å². The molecule has 0 aromatic rings. The van der Waals surface area contributed by atoms with Gasteiger partial charge in [-0.15, -0.1) is 4.99 Å². The SMILES string of the molecule is CC(C)(C)OC(=O)N=C=NC1CCCCC1. The highest BCUT2D eigenvalue weighted by Crippen LogP contribution is 2.19. The summed E-state index contributed by atoms with van der Waals surface area (Å²) in [4.78, 5) is 18.9. The van der Waals surface area contributed by atoms with Crippen molar-refractivity contribution < 1.29 is 9.53 Å². The third-order valence-corrected chi connectivity index (χ3v) is 2.35. The van der Waals surface area contributed by atoms with E-state index in [1.54, 1.807) is 20.8 Å². The van der Waals surface area contributed by atoms with Crippen molar-refractivity contribution >= 4 is 12.1 Å². The van der Waals surface area contributed by atoms with Crippen LogP contribution in [-0.2, 0) is 4.74 Å². The van der Waals surface area contributed by atoms with Gasteiger partial charge in [0.05, 0.1) is 6.04 Å². The van der Waals surface area contributed by atoms with Gasteiger partial charge in [0.25, 0.3) is 0 Å². The highest BCUT2D eigenvalue weighted by atomic mass is 16.6. The quantitative estimate of drug-likeness (QED) is 0.641. The second-order valence-electron chi connectivity index (χ2n) is 5.11. The Morgan fingerprint density at radius 1 is 1.25 bits per heavy atom. The second kappa shape index (κ2) is 5.80. The number of hydrogen-bond acceptors (Lipinski definition) is 3. The van der Waals surface area contributed by atoms with Gasteiger partial charge in [0.1, 0.15) is 11.6 Å². The van der Waals surface area contributed by atoms with E-state index in [-0.39, 0.29) is 0 Å². The molecule has 0 aliphatic heterocycles. The van der Waals surface area contributed by atoms with Gasteiger partial charge < -0.3 is 4.74 Å². The van der Waals surface area contributed by atoms with Crippen molar-refractivity contribution in [1.29, 1.82) is 0 Å². The molecule has 0 spiro atoms. The third-order valence-electron chi connectivity index (χ3n) is 2.35. The smallest absolute Gasteiger partial charge is 0.442 e. The standard InChI is InChI=1S/C12H20N2O2/c1-12(2,3)16-11(15)14-9-13-10-7-5-4-6-8-10/h10H,4-8H2,1-3H3. The molecule has 0 heterocycles. The lowest BCUT2D eigenvalue weighted by Gasteiger charge is -2.16. The van der Waals surface area contributed by atoms with Crippen LogP contribution >= 0.6 is 0 Å². The lowest BCUT2D eigenvalue weighted by Crippen LogP contribution is -2.21. The zero-order chi connectivity index (χ0) is 12.0. The summed E-state index contributed by atoms with van der Waals surface area (Å²) in [5.41, 5.74) is -0.507. The van der Waals surface area contributed by atoms with Gasteiger partial charge in [0.2, 0.25) is 0 Å². The lowest BCUT2D eigenvalue weighted by atomic mass is 9.96. The molecule has 0 bridgehead atoms. The fourth-order valence-corrected chi connectivity index (χ4v) is 1.65. The molecule has 0 aromatic heterocycles. The third kappa shape index (κ3) is 5.66. The van der Waals surface area contributed by atoms with Crippen LogP contribution in [0.4, 0.5) is 4.79 Å². The van der Waals surface area contributed by atoms with E-state index in [0.717, 1.165) is 12.8 Å². The highest BCUT2D eigenvalue weighted by molar-refractivity contribution is 5.75. The molecule has 1 aliphatic carbocycles. The largest absolute Gasteiger partial charge is 0.443 e. The molecule has 1 amide bonds. The number of hydrogen-bond donors (Lipinski definition) is 0. The Morgan fingerprint density at radius 2 is 1.88 bits per heavy atom. The molecule has 0 saturated heterocycles. The van der Waals surface area contributed by atoms with E-state index >= 15 is 0 Å². The van der Waals surface area contributed by atoms with Crippen LogP contribution in [0.15, 0.2) is 9.98 Å². The van der Waals surface area contributed by atoms with Crippen LogP contribution in [-0.4, -0.2) is 23.7 Å². The summed E-state index contributed by atoms with van der Waals surface area (Å²) in [6.45, 7) is 5.41. The normalized spacial score (nSPS) is 17.4. The summed E-state index contributed by atoms with van der Waals surface area (Å²) in [7, 11) is 0. The van der Waals surface area contributed by atoms with Crippen molar-refractivity contribution in [3.05, 3.63) is 0 Å². The van der Waals surface area contributed by atoms with Gasteiger partial charge in [-0.2, -0.15) is 0 Å². The zero-order valence-electron chi connectivity index (χ0n) is 10.3. The van der Waals surface area contributed by atoms with E-state index in [1.165, 1.54) is 19.3 Å². The number of carbonyl (C=O) groups is 1. The summed E-state index contributed by atoms with van der Waals surface area (Å²) in [5.74, 6) is 0. The number of ether oxygens (including phenoxy) is 1. The number of carbonyl (C=O) groups excluding carboxylic acids is 1. The van der Waals surface area contributed by atoms with Crippen LogP contribution in [0.3, 0.4) is 0 Å². The van der Waals surface area contributed by atoms with Crippen LogP contribution in [0.2, 0.25) is 0 Å². The maximum absolute atomic E-state index is 11.2. The van der Waals surface area contributed by atoms with Crippen molar-refractivity contribution in [3.63, 3.8) is 0 Å². The van der Waals surface area contributed by atoms with E-state index in [9.17, 15) is 4.79 Å². The average molecular weight is 224 g/mol. The summed E-state index contributed by atoms with van der Waals surface area (Å²) in [6.07, 6.45) is 5.25. The minimum atomic E-state index is -0.618. The van der Waals surface area contributed by atoms with Crippen LogP contribution in [0.1, 0.15) is 52.9 Å². The van der Waals surface area contributed by atoms with Gasteiger partial charge in [-0.05, 0) is 33.6 Å². The maximum Gasteiger partial charge on any atom is 0.443 e. The Kier molecular flexibility index (Phi) is 4.69. The predicted octanol–water partition coefficient (Wildman–Crippen LogP) is 3.43.